The highest BCUT2D eigenvalue weighted by atomic mass is 16.6. The van der Waals surface area contributed by atoms with Crippen molar-refractivity contribution < 1.29 is 28.5 Å². The molecule has 3 aromatic carbocycles. The number of carbonyl (C=O) groups is 2. The van der Waals surface area contributed by atoms with E-state index in [0.29, 0.717) is 34.8 Å². The quantitative estimate of drug-likeness (QED) is 0.147. The molecule has 0 radical (unpaired) electrons. The second kappa shape index (κ2) is 12.6. The molecule has 0 unspecified atom stereocenters. The normalized spacial score (nSPS) is 10.5. The van der Waals surface area contributed by atoms with E-state index in [1.807, 2.05) is 18.2 Å². The summed E-state index contributed by atoms with van der Waals surface area (Å²) in [7, 11) is 3.01. The predicted octanol–water partition coefficient (Wildman–Crippen LogP) is 4.18. The van der Waals surface area contributed by atoms with Crippen LogP contribution in [-0.4, -0.2) is 38.9 Å². The maximum absolute atomic E-state index is 12.4. The molecule has 180 valence electrons. The number of hydrazone groups is 1. The molecule has 0 aliphatic carbocycles. The average Bonchev–Trinajstić information content (AvgIpc) is 2.89. The van der Waals surface area contributed by atoms with Gasteiger partial charge in [0.2, 0.25) is 0 Å². The summed E-state index contributed by atoms with van der Waals surface area (Å²) in [5.41, 5.74) is 4.36. The predicted molar refractivity (Wildman–Crippen MR) is 133 cm³/mol. The lowest BCUT2D eigenvalue weighted by molar-refractivity contribution is -0.123. The van der Waals surface area contributed by atoms with E-state index in [1.54, 1.807) is 61.7 Å². The summed E-state index contributed by atoms with van der Waals surface area (Å²) in [5.74, 6) is 0.904. The molecule has 0 aliphatic heterocycles. The van der Waals surface area contributed by atoms with Crippen molar-refractivity contribution in [2.75, 3.05) is 20.8 Å². The molecule has 0 bridgehead atoms. The molecule has 0 heterocycles. The van der Waals surface area contributed by atoms with Crippen molar-refractivity contribution in [1.82, 2.24) is 5.43 Å². The zero-order valence-corrected chi connectivity index (χ0v) is 19.5. The van der Waals surface area contributed by atoms with Crippen molar-refractivity contribution in [1.29, 1.82) is 0 Å². The number of esters is 1. The van der Waals surface area contributed by atoms with Crippen LogP contribution in [0, 0.1) is 0 Å². The highest BCUT2D eigenvalue weighted by Gasteiger charge is 2.13. The van der Waals surface area contributed by atoms with Crippen LogP contribution in [0.5, 0.6) is 23.0 Å². The molecular weight excluding hydrogens is 448 g/mol. The van der Waals surface area contributed by atoms with E-state index in [0.717, 1.165) is 5.56 Å². The van der Waals surface area contributed by atoms with E-state index in [2.05, 4.69) is 17.1 Å². The fourth-order valence-corrected chi connectivity index (χ4v) is 3.06. The average molecular weight is 475 g/mol. The first-order valence-corrected chi connectivity index (χ1v) is 10.7. The number of benzene rings is 3. The van der Waals surface area contributed by atoms with Gasteiger partial charge in [0.05, 0.1) is 26.0 Å². The Labute approximate surface area is 203 Å². The Morgan fingerprint density at radius 3 is 2.43 bits per heavy atom. The van der Waals surface area contributed by atoms with Gasteiger partial charge in [-0.3, -0.25) is 4.79 Å². The van der Waals surface area contributed by atoms with E-state index in [4.69, 9.17) is 18.9 Å². The molecule has 3 aromatic rings. The molecule has 35 heavy (non-hydrogen) atoms. The summed E-state index contributed by atoms with van der Waals surface area (Å²) in [4.78, 5) is 24.5. The lowest BCUT2D eigenvalue weighted by atomic mass is 10.1. The van der Waals surface area contributed by atoms with Crippen LogP contribution in [-0.2, 0) is 11.2 Å². The molecule has 3 rings (SSSR count). The van der Waals surface area contributed by atoms with Crippen molar-refractivity contribution in [3.05, 3.63) is 96.1 Å². The number of carbonyl (C=O) groups excluding carboxylic acids is 2. The van der Waals surface area contributed by atoms with Gasteiger partial charge < -0.3 is 18.9 Å². The minimum Gasteiger partial charge on any atom is -0.497 e. The molecule has 1 N–H and O–H groups in total. The number of hydrogen-bond acceptors (Lipinski definition) is 7. The number of hydrogen-bond donors (Lipinski definition) is 1. The number of rotatable bonds is 11. The lowest BCUT2D eigenvalue weighted by Gasteiger charge is -2.10. The molecular formula is C27H26N2O6. The van der Waals surface area contributed by atoms with Gasteiger partial charge in [-0.15, -0.1) is 6.58 Å². The van der Waals surface area contributed by atoms with E-state index in [1.165, 1.54) is 13.3 Å². The summed E-state index contributed by atoms with van der Waals surface area (Å²) in [6, 6.07) is 18.9. The molecule has 0 atom stereocenters. The summed E-state index contributed by atoms with van der Waals surface area (Å²) < 4.78 is 21.5. The number of para-hydroxylation sites is 1. The lowest BCUT2D eigenvalue weighted by Crippen LogP contribution is -2.24. The molecule has 0 aliphatic rings. The number of nitrogens with zero attached hydrogens (tertiary/aromatic N) is 1. The van der Waals surface area contributed by atoms with Crippen LogP contribution >= 0.6 is 0 Å². The van der Waals surface area contributed by atoms with Crippen molar-refractivity contribution in [3.8, 4) is 23.0 Å². The fourth-order valence-electron chi connectivity index (χ4n) is 3.06. The van der Waals surface area contributed by atoms with Gasteiger partial charge >= 0.3 is 5.97 Å². The highest BCUT2D eigenvalue weighted by molar-refractivity contribution is 5.92. The maximum atomic E-state index is 12.4. The standard InChI is InChI=1S/C27H26N2O6/c1-4-7-20-8-5-6-9-23(20)34-18-26(30)29-28-17-19-10-15-24(25(16-19)33-3)35-27(31)21-11-13-22(32-2)14-12-21/h4-6,8-17H,1,7,18H2,2-3H3,(H,29,30)/b28-17-. The Hall–Kier alpha value is -4.59. The van der Waals surface area contributed by atoms with Crippen molar-refractivity contribution in [3.63, 3.8) is 0 Å². The second-order valence-corrected chi connectivity index (χ2v) is 7.21. The minimum atomic E-state index is -0.533. The van der Waals surface area contributed by atoms with Gasteiger partial charge in [0.15, 0.2) is 18.1 Å². The Balaban J connectivity index is 1.56. The molecule has 8 nitrogen and oxygen atoms in total. The third-order valence-corrected chi connectivity index (χ3v) is 4.81. The van der Waals surface area contributed by atoms with Gasteiger partial charge in [-0.2, -0.15) is 5.10 Å². The van der Waals surface area contributed by atoms with Gasteiger partial charge in [-0.05, 0) is 66.1 Å². The van der Waals surface area contributed by atoms with E-state index in [9.17, 15) is 9.59 Å². The summed E-state index contributed by atoms with van der Waals surface area (Å²) in [6.07, 6.45) is 3.86. The van der Waals surface area contributed by atoms with Gasteiger partial charge in [-0.25, -0.2) is 10.2 Å². The fraction of sp³-hybridized carbons (Fsp3) is 0.148. The second-order valence-electron chi connectivity index (χ2n) is 7.21. The van der Waals surface area contributed by atoms with Crippen molar-refractivity contribution >= 4 is 18.1 Å². The van der Waals surface area contributed by atoms with E-state index in [-0.39, 0.29) is 12.4 Å². The number of amides is 1. The first-order chi connectivity index (χ1) is 17.0. The molecule has 0 saturated carbocycles. The van der Waals surface area contributed by atoms with Crippen molar-refractivity contribution in [2.24, 2.45) is 5.10 Å². The Kier molecular flexibility index (Phi) is 9.01. The molecule has 0 fully saturated rings. The topological polar surface area (TPSA) is 95.5 Å². The van der Waals surface area contributed by atoms with Crippen LogP contribution in [0.2, 0.25) is 0 Å². The maximum Gasteiger partial charge on any atom is 0.343 e. The van der Waals surface area contributed by atoms with Gasteiger partial charge in [0.1, 0.15) is 11.5 Å². The number of ether oxygens (including phenoxy) is 4. The molecule has 0 saturated heterocycles. The molecule has 0 aromatic heterocycles. The minimum absolute atomic E-state index is 0.185. The van der Waals surface area contributed by atoms with E-state index < -0.39 is 11.9 Å². The molecule has 8 heteroatoms. The van der Waals surface area contributed by atoms with Gasteiger partial charge in [-0.1, -0.05) is 24.3 Å². The summed E-state index contributed by atoms with van der Waals surface area (Å²) >= 11 is 0. The zero-order valence-electron chi connectivity index (χ0n) is 19.5. The summed E-state index contributed by atoms with van der Waals surface area (Å²) in [6.45, 7) is 3.54. The van der Waals surface area contributed by atoms with Crippen LogP contribution < -0.4 is 24.4 Å². The Morgan fingerprint density at radius 2 is 1.71 bits per heavy atom. The van der Waals surface area contributed by atoms with Crippen LogP contribution in [0.1, 0.15) is 21.5 Å². The highest BCUT2D eigenvalue weighted by Crippen LogP contribution is 2.28. The van der Waals surface area contributed by atoms with Crippen LogP contribution in [0.15, 0.2) is 84.5 Å². The van der Waals surface area contributed by atoms with Gasteiger partial charge in [0, 0.05) is 0 Å². The molecule has 1 amide bonds. The SMILES string of the molecule is C=CCc1ccccc1OCC(=O)N/N=C\c1ccc(OC(=O)c2ccc(OC)cc2)c(OC)c1. The first-order valence-electron chi connectivity index (χ1n) is 10.7. The van der Waals surface area contributed by atoms with Crippen LogP contribution in [0.3, 0.4) is 0 Å². The third-order valence-electron chi connectivity index (χ3n) is 4.81. The molecule has 0 spiro atoms. The monoisotopic (exact) mass is 474 g/mol. The van der Waals surface area contributed by atoms with Crippen LogP contribution in [0.4, 0.5) is 0 Å². The van der Waals surface area contributed by atoms with E-state index >= 15 is 0 Å². The zero-order chi connectivity index (χ0) is 25.0. The largest absolute Gasteiger partial charge is 0.497 e. The smallest absolute Gasteiger partial charge is 0.343 e. The Morgan fingerprint density at radius 1 is 0.943 bits per heavy atom. The first kappa shape index (κ1) is 25.0. The third kappa shape index (κ3) is 7.20. The number of methoxy groups -OCH3 is 2. The van der Waals surface area contributed by atoms with Crippen LogP contribution in [0.25, 0.3) is 0 Å². The Bertz CT molecular complexity index is 1200. The summed E-state index contributed by atoms with van der Waals surface area (Å²) in [5, 5.41) is 3.95. The van der Waals surface area contributed by atoms with Gasteiger partial charge in [0.25, 0.3) is 5.91 Å². The number of nitrogens with one attached hydrogen (secondary N) is 1. The number of allylic oxidation sites excluding steroid dienone is 1. The van der Waals surface area contributed by atoms with Crippen molar-refractivity contribution in [2.45, 2.75) is 6.42 Å².